The Hall–Kier alpha value is -1.97. The Morgan fingerprint density at radius 3 is 2.71 bits per heavy atom. The van der Waals surface area contributed by atoms with Gasteiger partial charge in [0, 0.05) is 38.8 Å². The van der Waals surface area contributed by atoms with E-state index in [0.717, 1.165) is 49.1 Å². The van der Waals surface area contributed by atoms with E-state index >= 15 is 0 Å². The van der Waals surface area contributed by atoms with Crippen molar-refractivity contribution in [2.24, 2.45) is 12.0 Å². The highest BCUT2D eigenvalue weighted by molar-refractivity contribution is 14.0. The van der Waals surface area contributed by atoms with Crippen LogP contribution in [0.5, 0.6) is 11.5 Å². The van der Waals surface area contributed by atoms with E-state index in [4.69, 9.17) is 14.5 Å². The first kappa shape index (κ1) is 22.3. The van der Waals surface area contributed by atoms with Gasteiger partial charge in [0.25, 0.3) is 0 Å². The molecular formula is C20H30IN5O2. The largest absolute Gasteiger partial charge is 0.493 e. The summed E-state index contributed by atoms with van der Waals surface area (Å²) in [6.07, 6.45) is 5.20. The Balaban J connectivity index is 0.00000280. The summed E-state index contributed by atoms with van der Waals surface area (Å²) in [7, 11) is 5.26. The molecule has 1 aliphatic heterocycles. The number of nitrogens with one attached hydrogen (secondary N) is 1. The zero-order chi connectivity index (χ0) is 19.2. The number of methoxy groups -OCH3 is 2. The zero-order valence-corrected chi connectivity index (χ0v) is 19.3. The summed E-state index contributed by atoms with van der Waals surface area (Å²) < 4.78 is 12.6. The van der Waals surface area contributed by atoms with Gasteiger partial charge in [-0.15, -0.1) is 24.0 Å². The molecule has 2 heterocycles. The number of hydrogen-bond donors (Lipinski definition) is 1. The average Bonchev–Trinajstić information content (AvgIpc) is 3.34. The molecule has 1 atom stereocenters. The Bertz CT molecular complexity index is 793. The van der Waals surface area contributed by atoms with E-state index in [-0.39, 0.29) is 24.0 Å². The second-order valence-electron chi connectivity index (χ2n) is 6.74. The lowest BCUT2D eigenvalue weighted by molar-refractivity contribution is 0.354. The molecule has 0 spiro atoms. The average molecular weight is 499 g/mol. The van der Waals surface area contributed by atoms with Gasteiger partial charge in [0.05, 0.1) is 27.0 Å². The molecule has 0 aliphatic carbocycles. The van der Waals surface area contributed by atoms with Gasteiger partial charge in [0.1, 0.15) is 0 Å². The van der Waals surface area contributed by atoms with Gasteiger partial charge in [-0.25, -0.2) is 4.99 Å². The molecule has 1 aliphatic rings. The summed E-state index contributed by atoms with van der Waals surface area (Å²) in [6, 6.07) is 5.93. The summed E-state index contributed by atoms with van der Waals surface area (Å²) in [5, 5.41) is 7.73. The molecule has 154 valence electrons. The van der Waals surface area contributed by atoms with E-state index in [9.17, 15) is 0 Å². The third-order valence-electron chi connectivity index (χ3n) is 4.88. The normalized spacial score (nSPS) is 16.6. The maximum absolute atomic E-state index is 5.39. The number of hydrogen-bond acceptors (Lipinski definition) is 4. The molecular weight excluding hydrogens is 469 g/mol. The smallest absolute Gasteiger partial charge is 0.194 e. The van der Waals surface area contributed by atoms with E-state index in [1.165, 1.54) is 5.56 Å². The van der Waals surface area contributed by atoms with Gasteiger partial charge in [-0.3, -0.25) is 4.68 Å². The van der Waals surface area contributed by atoms with Crippen molar-refractivity contribution in [1.29, 1.82) is 0 Å². The first-order chi connectivity index (χ1) is 13.1. The fourth-order valence-corrected chi connectivity index (χ4v) is 3.45. The maximum atomic E-state index is 5.39. The van der Waals surface area contributed by atoms with Crippen molar-refractivity contribution in [1.82, 2.24) is 20.0 Å². The van der Waals surface area contributed by atoms with Crippen molar-refractivity contribution < 1.29 is 9.47 Å². The van der Waals surface area contributed by atoms with Crippen LogP contribution in [-0.2, 0) is 13.6 Å². The third kappa shape index (κ3) is 5.30. The summed E-state index contributed by atoms with van der Waals surface area (Å²) in [5.41, 5.74) is 2.39. The van der Waals surface area contributed by atoms with Crippen LogP contribution >= 0.6 is 24.0 Å². The molecule has 1 aromatic carbocycles. The van der Waals surface area contributed by atoms with Crippen LogP contribution < -0.4 is 14.8 Å². The van der Waals surface area contributed by atoms with Crippen molar-refractivity contribution in [3.05, 3.63) is 41.7 Å². The summed E-state index contributed by atoms with van der Waals surface area (Å²) >= 11 is 0. The lowest BCUT2D eigenvalue weighted by Gasteiger charge is -2.21. The lowest BCUT2D eigenvalue weighted by atomic mass is 10.0. The predicted octanol–water partition coefficient (Wildman–Crippen LogP) is 3.01. The fourth-order valence-electron chi connectivity index (χ4n) is 3.45. The molecule has 7 nitrogen and oxygen atoms in total. The molecule has 3 rings (SSSR count). The molecule has 1 N–H and O–H groups in total. The fraction of sp³-hybridized carbons (Fsp3) is 0.500. The Kier molecular flexibility index (Phi) is 8.40. The van der Waals surface area contributed by atoms with Gasteiger partial charge in [-0.2, -0.15) is 5.10 Å². The number of halogens is 1. The van der Waals surface area contributed by atoms with Crippen LogP contribution in [0.2, 0.25) is 0 Å². The molecule has 1 saturated heterocycles. The SMILES string of the molecule is CCNC(=NCc1ccc(OC)c(OC)c1)N1CCC(c2cnn(C)c2)C1.I. The summed E-state index contributed by atoms with van der Waals surface area (Å²) in [6.45, 7) is 5.50. The Morgan fingerprint density at radius 1 is 1.29 bits per heavy atom. The van der Waals surface area contributed by atoms with Crippen molar-refractivity contribution in [2.45, 2.75) is 25.8 Å². The molecule has 0 bridgehead atoms. The van der Waals surface area contributed by atoms with E-state index in [1.54, 1.807) is 14.2 Å². The van der Waals surface area contributed by atoms with Crippen LogP contribution in [0.15, 0.2) is 35.6 Å². The van der Waals surface area contributed by atoms with Gasteiger partial charge in [0.15, 0.2) is 17.5 Å². The molecule has 2 aromatic rings. The molecule has 1 aromatic heterocycles. The van der Waals surface area contributed by atoms with Gasteiger partial charge >= 0.3 is 0 Å². The number of aromatic nitrogens is 2. The monoisotopic (exact) mass is 499 g/mol. The second-order valence-corrected chi connectivity index (χ2v) is 6.74. The third-order valence-corrected chi connectivity index (χ3v) is 4.88. The molecule has 1 unspecified atom stereocenters. The molecule has 0 amide bonds. The van der Waals surface area contributed by atoms with Gasteiger partial charge < -0.3 is 19.7 Å². The van der Waals surface area contributed by atoms with E-state index < -0.39 is 0 Å². The molecule has 0 radical (unpaired) electrons. The van der Waals surface area contributed by atoms with Crippen molar-refractivity contribution in [3.63, 3.8) is 0 Å². The summed E-state index contributed by atoms with van der Waals surface area (Å²) in [4.78, 5) is 7.18. The predicted molar refractivity (Wildman–Crippen MR) is 122 cm³/mol. The highest BCUT2D eigenvalue weighted by atomic mass is 127. The van der Waals surface area contributed by atoms with E-state index in [0.29, 0.717) is 12.5 Å². The lowest BCUT2D eigenvalue weighted by Crippen LogP contribution is -2.40. The van der Waals surface area contributed by atoms with Crippen molar-refractivity contribution >= 4 is 29.9 Å². The first-order valence-electron chi connectivity index (χ1n) is 9.37. The Labute approximate surface area is 184 Å². The highest BCUT2D eigenvalue weighted by Crippen LogP contribution is 2.28. The van der Waals surface area contributed by atoms with Crippen molar-refractivity contribution in [3.8, 4) is 11.5 Å². The highest BCUT2D eigenvalue weighted by Gasteiger charge is 2.26. The van der Waals surface area contributed by atoms with Crippen LogP contribution in [-0.4, -0.2) is 54.5 Å². The van der Waals surface area contributed by atoms with E-state index in [1.807, 2.05) is 36.1 Å². The maximum Gasteiger partial charge on any atom is 0.194 e. The van der Waals surface area contributed by atoms with Gasteiger partial charge in [0.2, 0.25) is 0 Å². The van der Waals surface area contributed by atoms with Crippen molar-refractivity contribution in [2.75, 3.05) is 33.9 Å². The quantitative estimate of drug-likeness (QED) is 0.376. The Morgan fingerprint density at radius 2 is 2.07 bits per heavy atom. The zero-order valence-electron chi connectivity index (χ0n) is 17.0. The van der Waals surface area contributed by atoms with Crippen LogP contribution in [0, 0.1) is 0 Å². The standard InChI is InChI=1S/C20H29N5O2.HI/c1-5-21-20(22-11-15-6-7-18(26-3)19(10-15)27-4)25-9-8-16(14-25)17-12-23-24(2)13-17;/h6-7,10,12-13,16H,5,8-9,11,14H2,1-4H3,(H,21,22);1H. The number of nitrogens with zero attached hydrogens (tertiary/aromatic N) is 4. The molecule has 8 heteroatoms. The second kappa shape index (κ2) is 10.5. The van der Waals surface area contributed by atoms with Crippen LogP contribution in [0.25, 0.3) is 0 Å². The van der Waals surface area contributed by atoms with Crippen LogP contribution in [0.3, 0.4) is 0 Å². The minimum Gasteiger partial charge on any atom is -0.493 e. The van der Waals surface area contributed by atoms with Gasteiger partial charge in [-0.1, -0.05) is 6.07 Å². The molecule has 1 fully saturated rings. The molecule has 0 saturated carbocycles. The number of guanidine groups is 1. The number of rotatable bonds is 6. The van der Waals surface area contributed by atoms with Crippen LogP contribution in [0.4, 0.5) is 0 Å². The number of benzene rings is 1. The number of likely N-dealkylation sites (tertiary alicyclic amines) is 1. The van der Waals surface area contributed by atoms with E-state index in [2.05, 4.69) is 28.4 Å². The van der Waals surface area contributed by atoms with Crippen LogP contribution in [0.1, 0.15) is 30.4 Å². The number of ether oxygens (including phenoxy) is 2. The minimum absolute atomic E-state index is 0. The number of aryl methyl sites for hydroxylation is 1. The summed E-state index contributed by atoms with van der Waals surface area (Å²) in [5.74, 6) is 2.92. The molecule has 28 heavy (non-hydrogen) atoms. The first-order valence-corrected chi connectivity index (χ1v) is 9.37. The minimum atomic E-state index is 0. The number of aliphatic imine (C=N–C) groups is 1. The topological polar surface area (TPSA) is 63.9 Å². The van der Waals surface area contributed by atoms with Gasteiger partial charge in [-0.05, 0) is 36.6 Å².